The van der Waals surface area contributed by atoms with Gasteiger partial charge in [-0.1, -0.05) is 18.7 Å². The Hall–Kier alpha value is -3.19. The van der Waals surface area contributed by atoms with Crippen LogP contribution < -0.4 is 0 Å². The number of nitrogens with zero attached hydrogens (tertiary/aromatic N) is 4. The molecule has 36 heavy (non-hydrogen) atoms. The average Bonchev–Trinajstić information content (AvgIpc) is 3.68. The van der Waals surface area contributed by atoms with Crippen LogP contribution in [0, 0.1) is 0 Å². The average molecular weight is 486 g/mol. The summed E-state index contributed by atoms with van der Waals surface area (Å²) in [6.07, 6.45) is 9.81. The van der Waals surface area contributed by atoms with E-state index in [0.29, 0.717) is 29.8 Å². The van der Waals surface area contributed by atoms with E-state index < -0.39 is 0 Å². The zero-order valence-corrected chi connectivity index (χ0v) is 20.8. The Labute approximate surface area is 212 Å². The molecule has 0 unspecified atom stereocenters. The molecular formula is C29H35N5O2. The van der Waals surface area contributed by atoms with Crippen LogP contribution in [0.3, 0.4) is 0 Å². The normalized spacial score (nSPS) is 25.0. The van der Waals surface area contributed by atoms with Crippen molar-refractivity contribution < 1.29 is 9.90 Å². The van der Waals surface area contributed by atoms with Crippen LogP contribution in [-0.2, 0) is 4.79 Å². The fourth-order valence-corrected chi connectivity index (χ4v) is 6.77. The number of benzene rings is 1. The van der Waals surface area contributed by atoms with E-state index >= 15 is 0 Å². The van der Waals surface area contributed by atoms with Gasteiger partial charge in [0.25, 0.3) is 0 Å². The lowest BCUT2D eigenvalue weighted by atomic mass is 9.78. The van der Waals surface area contributed by atoms with Crippen molar-refractivity contribution in [1.29, 1.82) is 0 Å². The number of aromatic hydroxyl groups is 1. The van der Waals surface area contributed by atoms with Crippen molar-refractivity contribution in [3.05, 3.63) is 54.2 Å². The number of phenols is 1. The first kappa shape index (κ1) is 23.2. The van der Waals surface area contributed by atoms with Gasteiger partial charge in [0.1, 0.15) is 5.75 Å². The van der Waals surface area contributed by atoms with E-state index in [1.54, 1.807) is 6.07 Å². The minimum Gasteiger partial charge on any atom is -0.507 e. The first-order valence-corrected chi connectivity index (χ1v) is 13.5. The number of likely N-dealkylation sites (tertiary alicyclic amines) is 2. The van der Waals surface area contributed by atoms with Crippen molar-refractivity contribution in [2.24, 2.45) is 0 Å². The highest BCUT2D eigenvalue weighted by atomic mass is 16.3. The van der Waals surface area contributed by atoms with Gasteiger partial charge in [-0.05, 0) is 93.8 Å². The Morgan fingerprint density at radius 3 is 2.56 bits per heavy atom. The number of carbonyl (C=O) groups is 1. The van der Waals surface area contributed by atoms with Gasteiger partial charge >= 0.3 is 0 Å². The van der Waals surface area contributed by atoms with Crippen LogP contribution in [0.4, 0.5) is 0 Å². The molecule has 3 fully saturated rings. The van der Waals surface area contributed by atoms with E-state index in [-0.39, 0.29) is 17.6 Å². The van der Waals surface area contributed by atoms with E-state index in [1.165, 1.54) is 56.1 Å². The highest BCUT2D eigenvalue weighted by Crippen LogP contribution is 2.44. The largest absolute Gasteiger partial charge is 0.507 e. The molecule has 2 saturated heterocycles. The van der Waals surface area contributed by atoms with Crippen molar-refractivity contribution >= 4 is 16.9 Å². The first-order chi connectivity index (χ1) is 17.6. The van der Waals surface area contributed by atoms with Crippen LogP contribution in [0.25, 0.3) is 22.3 Å². The summed E-state index contributed by atoms with van der Waals surface area (Å²) in [5.41, 5.74) is 4.76. The Morgan fingerprint density at radius 2 is 1.81 bits per heavy atom. The van der Waals surface area contributed by atoms with E-state index in [2.05, 4.69) is 32.7 Å². The molecule has 1 aliphatic carbocycles. The van der Waals surface area contributed by atoms with E-state index in [9.17, 15) is 9.90 Å². The third-order valence-corrected chi connectivity index (χ3v) is 8.65. The van der Waals surface area contributed by atoms with Gasteiger partial charge in [0, 0.05) is 41.7 Å². The molecule has 6 rings (SSSR count). The summed E-state index contributed by atoms with van der Waals surface area (Å²) in [5.74, 6) is 0.924. The number of H-pyrrole nitrogens is 1. The molecule has 0 bridgehead atoms. The van der Waals surface area contributed by atoms with Gasteiger partial charge in [-0.15, -0.1) is 10.2 Å². The van der Waals surface area contributed by atoms with Crippen LogP contribution in [0.5, 0.6) is 5.75 Å². The molecular weight excluding hydrogens is 450 g/mol. The second kappa shape index (κ2) is 9.69. The highest BCUT2D eigenvalue weighted by molar-refractivity contribution is 5.88. The summed E-state index contributed by atoms with van der Waals surface area (Å²) < 4.78 is 0. The molecule has 1 amide bonds. The van der Waals surface area contributed by atoms with Gasteiger partial charge in [0.05, 0.1) is 5.69 Å². The lowest BCUT2D eigenvalue weighted by Crippen LogP contribution is -2.35. The minimum absolute atomic E-state index is 0.00270. The fraction of sp³-hybridized carbons (Fsp3) is 0.483. The number of aromatic amines is 1. The fourth-order valence-electron chi connectivity index (χ4n) is 6.77. The number of phenolic OH excluding ortho intramolecular Hbond substituents is 1. The number of aromatic nitrogens is 3. The molecule has 2 aromatic heterocycles. The second-order valence-corrected chi connectivity index (χ2v) is 10.7. The van der Waals surface area contributed by atoms with Crippen molar-refractivity contribution in [3.63, 3.8) is 0 Å². The van der Waals surface area contributed by atoms with E-state index in [0.717, 1.165) is 36.8 Å². The molecule has 2 aliphatic heterocycles. The molecule has 7 heteroatoms. The van der Waals surface area contributed by atoms with Crippen molar-refractivity contribution in [2.45, 2.75) is 62.8 Å². The summed E-state index contributed by atoms with van der Waals surface area (Å²) in [5, 5.41) is 20.6. The van der Waals surface area contributed by atoms with Crippen LogP contribution in [-0.4, -0.2) is 68.2 Å². The third-order valence-electron chi connectivity index (χ3n) is 8.65. The molecule has 2 N–H and O–H groups in total. The number of carbonyl (C=O) groups excluding carboxylic acids is 1. The topological polar surface area (TPSA) is 85.3 Å². The summed E-state index contributed by atoms with van der Waals surface area (Å²) in [4.78, 5) is 20.5. The highest BCUT2D eigenvalue weighted by Gasteiger charge is 2.35. The zero-order valence-electron chi connectivity index (χ0n) is 20.8. The van der Waals surface area contributed by atoms with Crippen molar-refractivity contribution in [2.75, 3.05) is 26.2 Å². The SMILES string of the molecule is C=CC(=O)N1CC[C@H](c2[nH]c3nnc(-c4ccccc4O)cc3c2C2CCC(N3CCCC3)CC2)C1. The summed E-state index contributed by atoms with van der Waals surface area (Å²) in [7, 11) is 0. The summed E-state index contributed by atoms with van der Waals surface area (Å²) in [6.45, 7) is 7.63. The number of hydrogen-bond donors (Lipinski definition) is 2. The number of rotatable bonds is 5. The quantitative estimate of drug-likeness (QED) is 0.499. The molecule has 0 radical (unpaired) electrons. The molecule has 0 spiro atoms. The summed E-state index contributed by atoms with van der Waals surface area (Å²) >= 11 is 0. The predicted molar refractivity (Wildman–Crippen MR) is 141 cm³/mol. The molecule has 4 heterocycles. The zero-order chi connectivity index (χ0) is 24.6. The second-order valence-electron chi connectivity index (χ2n) is 10.7. The van der Waals surface area contributed by atoms with Crippen LogP contribution >= 0.6 is 0 Å². The number of hydrogen-bond acceptors (Lipinski definition) is 5. The van der Waals surface area contributed by atoms with Crippen LogP contribution in [0.2, 0.25) is 0 Å². The molecule has 3 aromatic rings. The Morgan fingerprint density at radius 1 is 1.03 bits per heavy atom. The van der Waals surface area contributed by atoms with Crippen molar-refractivity contribution in [3.8, 4) is 17.0 Å². The number of para-hydroxylation sites is 1. The third kappa shape index (κ3) is 4.19. The lowest BCUT2D eigenvalue weighted by molar-refractivity contribution is -0.125. The maximum absolute atomic E-state index is 12.3. The molecule has 1 saturated carbocycles. The number of nitrogens with one attached hydrogen (secondary N) is 1. The van der Waals surface area contributed by atoms with Crippen LogP contribution in [0.1, 0.15) is 68.0 Å². The first-order valence-electron chi connectivity index (χ1n) is 13.5. The maximum atomic E-state index is 12.3. The molecule has 1 atom stereocenters. The Kier molecular flexibility index (Phi) is 6.25. The van der Waals surface area contributed by atoms with Crippen molar-refractivity contribution in [1.82, 2.24) is 25.0 Å². The monoisotopic (exact) mass is 485 g/mol. The molecule has 7 nitrogen and oxygen atoms in total. The lowest BCUT2D eigenvalue weighted by Gasteiger charge is -2.35. The number of fused-ring (bicyclic) bond motifs is 1. The Bertz CT molecular complexity index is 1270. The summed E-state index contributed by atoms with van der Waals surface area (Å²) in [6, 6.07) is 10.1. The van der Waals surface area contributed by atoms with E-state index in [4.69, 9.17) is 0 Å². The smallest absolute Gasteiger partial charge is 0.245 e. The van der Waals surface area contributed by atoms with Gasteiger partial charge in [-0.2, -0.15) is 0 Å². The minimum atomic E-state index is 0.00270. The molecule has 3 aliphatic rings. The molecule has 1 aromatic carbocycles. The standard InChI is InChI=1S/C29H35N5O2/c1-2-26(36)34-16-13-20(18-34)28-27(19-9-11-21(12-10-19)33-14-5-6-15-33)23-17-24(31-32-29(23)30-28)22-7-3-4-8-25(22)35/h2-4,7-8,17,19-21,35H,1,5-6,9-16,18H2,(H,30,32)/t19?,20-,21?/m0/s1. The van der Waals surface area contributed by atoms with Crippen LogP contribution in [0.15, 0.2) is 43.0 Å². The van der Waals surface area contributed by atoms with Gasteiger partial charge in [0.15, 0.2) is 5.65 Å². The van der Waals surface area contributed by atoms with Gasteiger partial charge in [-0.25, -0.2) is 0 Å². The predicted octanol–water partition coefficient (Wildman–Crippen LogP) is 4.95. The van der Waals surface area contributed by atoms with Gasteiger partial charge < -0.3 is 19.9 Å². The maximum Gasteiger partial charge on any atom is 0.245 e. The number of amides is 1. The Balaban J connectivity index is 1.37. The van der Waals surface area contributed by atoms with Gasteiger partial charge in [0.2, 0.25) is 5.91 Å². The van der Waals surface area contributed by atoms with Gasteiger partial charge in [-0.3, -0.25) is 4.79 Å². The van der Waals surface area contributed by atoms with E-state index in [1.807, 2.05) is 23.1 Å². The molecule has 188 valence electrons.